The van der Waals surface area contributed by atoms with Gasteiger partial charge in [0.1, 0.15) is 5.82 Å². The molecule has 0 aliphatic heterocycles. The lowest BCUT2D eigenvalue weighted by atomic mass is 9.79. The number of benzene rings is 1. The van der Waals surface area contributed by atoms with Gasteiger partial charge in [-0.05, 0) is 43.4 Å². The van der Waals surface area contributed by atoms with Crippen molar-refractivity contribution < 1.29 is 0 Å². The highest BCUT2D eigenvalue weighted by Gasteiger charge is 2.24. The highest BCUT2D eigenvalue weighted by molar-refractivity contribution is 6.33. The van der Waals surface area contributed by atoms with Gasteiger partial charge in [0.15, 0.2) is 0 Å². The van der Waals surface area contributed by atoms with Crippen molar-refractivity contribution >= 4 is 17.4 Å². The molecule has 5 heteroatoms. The zero-order valence-corrected chi connectivity index (χ0v) is 12.6. The van der Waals surface area contributed by atoms with E-state index >= 15 is 0 Å². The van der Waals surface area contributed by atoms with E-state index in [0.717, 1.165) is 48.8 Å². The normalized spacial score (nSPS) is 20.9. The molecule has 0 unspecified atom stereocenters. The summed E-state index contributed by atoms with van der Waals surface area (Å²) < 4.78 is 0. The predicted octanol–water partition coefficient (Wildman–Crippen LogP) is 3.34. The van der Waals surface area contributed by atoms with Crippen LogP contribution in [0.15, 0.2) is 36.4 Å². The summed E-state index contributed by atoms with van der Waals surface area (Å²) in [7, 11) is 0. The number of aromatic nitrogens is 2. The van der Waals surface area contributed by atoms with Crippen LogP contribution in [0.2, 0.25) is 5.02 Å². The molecule has 0 amide bonds. The molecular formula is C16H19ClN4. The van der Waals surface area contributed by atoms with E-state index in [-0.39, 0.29) is 0 Å². The van der Waals surface area contributed by atoms with Crippen molar-refractivity contribution in [3.63, 3.8) is 0 Å². The molecule has 0 spiro atoms. The van der Waals surface area contributed by atoms with Gasteiger partial charge in [-0.3, -0.25) is 0 Å². The van der Waals surface area contributed by atoms with Crippen LogP contribution >= 0.6 is 11.6 Å². The van der Waals surface area contributed by atoms with Crippen LogP contribution in [-0.4, -0.2) is 22.8 Å². The van der Waals surface area contributed by atoms with Crippen LogP contribution in [0.1, 0.15) is 19.3 Å². The lowest BCUT2D eigenvalue weighted by Gasteiger charge is -2.32. The van der Waals surface area contributed by atoms with Gasteiger partial charge in [0.05, 0.1) is 10.7 Å². The van der Waals surface area contributed by atoms with Crippen molar-refractivity contribution in [1.82, 2.24) is 10.2 Å². The summed E-state index contributed by atoms with van der Waals surface area (Å²) in [5, 5.41) is 12.4. The summed E-state index contributed by atoms with van der Waals surface area (Å²) in [5.74, 6) is 1.57. The SMILES string of the molecule is NC1CC(CCNc2ccc(-c3ccccc3Cl)nn2)C1. The molecule has 3 rings (SSSR count). The van der Waals surface area contributed by atoms with Crippen molar-refractivity contribution in [2.45, 2.75) is 25.3 Å². The maximum atomic E-state index is 6.16. The standard InChI is InChI=1S/C16H19ClN4/c17-14-4-2-1-3-13(14)15-5-6-16(21-20-15)19-8-7-11-9-12(18)10-11/h1-6,11-12H,7-10,18H2,(H,19,21). The molecule has 1 aromatic heterocycles. The van der Waals surface area contributed by atoms with Crippen LogP contribution in [0.5, 0.6) is 0 Å². The smallest absolute Gasteiger partial charge is 0.148 e. The first kappa shape index (κ1) is 14.3. The van der Waals surface area contributed by atoms with Crippen LogP contribution in [0.4, 0.5) is 5.82 Å². The van der Waals surface area contributed by atoms with Crippen LogP contribution in [-0.2, 0) is 0 Å². The molecule has 0 bridgehead atoms. The fraction of sp³-hybridized carbons (Fsp3) is 0.375. The summed E-state index contributed by atoms with van der Waals surface area (Å²) in [4.78, 5) is 0. The summed E-state index contributed by atoms with van der Waals surface area (Å²) in [5.41, 5.74) is 7.47. The van der Waals surface area contributed by atoms with Gasteiger partial charge >= 0.3 is 0 Å². The number of hydrogen-bond donors (Lipinski definition) is 2. The Hall–Kier alpha value is -1.65. The lowest BCUT2D eigenvalue weighted by molar-refractivity contribution is 0.255. The first-order chi connectivity index (χ1) is 10.2. The predicted molar refractivity (Wildman–Crippen MR) is 86.3 cm³/mol. The molecule has 1 saturated carbocycles. The molecule has 0 saturated heterocycles. The van der Waals surface area contributed by atoms with Crippen molar-refractivity contribution in [3.8, 4) is 11.3 Å². The number of rotatable bonds is 5. The van der Waals surface area contributed by atoms with Crippen LogP contribution in [0, 0.1) is 5.92 Å². The molecule has 110 valence electrons. The quantitative estimate of drug-likeness (QED) is 0.889. The zero-order chi connectivity index (χ0) is 14.7. The molecular weight excluding hydrogens is 284 g/mol. The van der Waals surface area contributed by atoms with Crippen LogP contribution < -0.4 is 11.1 Å². The highest BCUT2D eigenvalue weighted by Crippen LogP contribution is 2.28. The summed E-state index contributed by atoms with van der Waals surface area (Å²) in [6.45, 7) is 0.914. The maximum Gasteiger partial charge on any atom is 0.148 e. The van der Waals surface area contributed by atoms with Crippen molar-refractivity contribution in [3.05, 3.63) is 41.4 Å². The Morgan fingerprint density at radius 2 is 1.95 bits per heavy atom. The Morgan fingerprint density at radius 3 is 2.62 bits per heavy atom. The average Bonchev–Trinajstić information content (AvgIpc) is 2.47. The molecule has 1 aliphatic carbocycles. The van der Waals surface area contributed by atoms with E-state index in [2.05, 4.69) is 15.5 Å². The Labute approximate surface area is 129 Å². The number of hydrogen-bond acceptors (Lipinski definition) is 4. The number of nitrogens with one attached hydrogen (secondary N) is 1. The highest BCUT2D eigenvalue weighted by atomic mass is 35.5. The van der Waals surface area contributed by atoms with Gasteiger partial charge in [-0.25, -0.2) is 0 Å². The van der Waals surface area contributed by atoms with Gasteiger partial charge < -0.3 is 11.1 Å². The van der Waals surface area contributed by atoms with Gasteiger partial charge in [0.2, 0.25) is 0 Å². The second-order valence-electron chi connectivity index (χ2n) is 5.60. The van der Waals surface area contributed by atoms with Crippen LogP contribution in [0.3, 0.4) is 0 Å². The number of nitrogens with two attached hydrogens (primary N) is 1. The molecule has 0 radical (unpaired) electrons. The van der Waals surface area contributed by atoms with E-state index in [0.29, 0.717) is 11.1 Å². The monoisotopic (exact) mass is 302 g/mol. The molecule has 1 fully saturated rings. The average molecular weight is 303 g/mol. The Balaban J connectivity index is 1.56. The van der Waals surface area contributed by atoms with Gasteiger partial charge in [0.25, 0.3) is 0 Å². The first-order valence-electron chi connectivity index (χ1n) is 7.30. The van der Waals surface area contributed by atoms with Crippen molar-refractivity contribution in [2.75, 3.05) is 11.9 Å². The number of halogens is 1. The van der Waals surface area contributed by atoms with Crippen molar-refractivity contribution in [1.29, 1.82) is 0 Å². The Bertz CT molecular complexity index is 593. The zero-order valence-electron chi connectivity index (χ0n) is 11.8. The van der Waals surface area contributed by atoms with E-state index in [1.807, 2.05) is 36.4 Å². The van der Waals surface area contributed by atoms with E-state index in [1.165, 1.54) is 0 Å². The minimum Gasteiger partial charge on any atom is -0.369 e. The van der Waals surface area contributed by atoms with Crippen LogP contribution in [0.25, 0.3) is 11.3 Å². The van der Waals surface area contributed by atoms with Gasteiger partial charge in [0, 0.05) is 18.2 Å². The topological polar surface area (TPSA) is 63.8 Å². The fourth-order valence-corrected chi connectivity index (χ4v) is 2.90. The van der Waals surface area contributed by atoms with Gasteiger partial charge in [-0.2, -0.15) is 0 Å². The van der Waals surface area contributed by atoms with E-state index < -0.39 is 0 Å². The summed E-state index contributed by atoms with van der Waals surface area (Å²) >= 11 is 6.16. The van der Waals surface area contributed by atoms with E-state index in [4.69, 9.17) is 17.3 Å². The fourth-order valence-electron chi connectivity index (χ4n) is 2.67. The molecule has 1 heterocycles. The van der Waals surface area contributed by atoms with Gasteiger partial charge in [-0.15, -0.1) is 10.2 Å². The third kappa shape index (κ3) is 3.52. The number of nitrogens with zero attached hydrogens (tertiary/aromatic N) is 2. The molecule has 1 aliphatic rings. The number of anilines is 1. The third-order valence-electron chi connectivity index (χ3n) is 3.95. The molecule has 3 N–H and O–H groups in total. The Morgan fingerprint density at radius 1 is 1.14 bits per heavy atom. The molecule has 0 atom stereocenters. The van der Waals surface area contributed by atoms with E-state index in [1.54, 1.807) is 0 Å². The lowest BCUT2D eigenvalue weighted by Crippen LogP contribution is -2.37. The van der Waals surface area contributed by atoms with E-state index in [9.17, 15) is 0 Å². The molecule has 4 nitrogen and oxygen atoms in total. The molecule has 21 heavy (non-hydrogen) atoms. The molecule has 2 aromatic rings. The largest absolute Gasteiger partial charge is 0.369 e. The first-order valence-corrected chi connectivity index (χ1v) is 7.68. The second-order valence-corrected chi connectivity index (χ2v) is 6.00. The minimum atomic E-state index is 0.421. The molecule has 1 aromatic carbocycles. The third-order valence-corrected chi connectivity index (χ3v) is 4.27. The maximum absolute atomic E-state index is 6.16. The summed E-state index contributed by atoms with van der Waals surface area (Å²) in [6.07, 6.45) is 3.44. The minimum absolute atomic E-state index is 0.421. The van der Waals surface area contributed by atoms with Gasteiger partial charge in [-0.1, -0.05) is 29.8 Å². The Kier molecular flexibility index (Phi) is 4.36. The second kappa shape index (κ2) is 6.41. The summed E-state index contributed by atoms with van der Waals surface area (Å²) in [6, 6.07) is 12.0. The van der Waals surface area contributed by atoms with Crippen molar-refractivity contribution in [2.24, 2.45) is 11.7 Å².